The SMILES string of the molecule is Cn1nc(-c2ccc(C#N)c([N+](=O)[O-])c2)c(Cl)c1OC(F)F. The molecule has 0 saturated carbocycles. The number of aromatic nitrogens is 2. The lowest BCUT2D eigenvalue weighted by atomic mass is 10.1. The molecule has 0 aliphatic rings. The third-order valence-electron chi connectivity index (χ3n) is 2.73. The van der Waals surface area contributed by atoms with Crippen molar-refractivity contribution in [3.8, 4) is 23.2 Å². The fourth-order valence-corrected chi connectivity index (χ4v) is 2.12. The van der Waals surface area contributed by atoms with Gasteiger partial charge in [0.15, 0.2) is 0 Å². The number of aryl methyl sites for hydroxylation is 1. The summed E-state index contributed by atoms with van der Waals surface area (Å²) in [5, 5.41) is 23.5. The van der Waals surface area contributed by atoms with E-state index in [2.05, 4.69) is 9.84 Å². The van der Waals surface area contributed by atoms with Crippen molar-refractivity contribution >= 4 is 17.3 Å². The number of rotatable bonds is 4. The van der Waals surface area contributed by atoms with Crippen molar-refractivity contribution < 1.29 is 18.4 Å². The van der Waals surface area contributed by atoms with E-state index in [1.165, 1.54) is 19.2 Å². The number of nitro groups is 1. The van der Waals surface area contributed by atoms with Crippen LogP contribution in [0.15, 0.2) is 18.2 Å². The minimum Gasteiger partial charge on any atom is -0.416 e. The summed E-state index contributed by atoms with van der Waals surface area (Å²) in [7, 11) is 1.34. The standard InChI is InChI=1S/C12H7ClF2N4O3/c1-18-11(22-12(14)15)9(13)10(17-18)6-2-3-7(5-16)8(4-6)19(20)21/h2-4,12H,1H3. The van der Waals surface area contributed by atoms with Crippen LogP contribution in [0.3, 0.4) is 0 Å². The Labute approximate surface area is 127 Å². The van der Waals surface area contributed by atoms with Crippen molar-refractivity contribution in [3.05, 3.63) is 38.9 Å². The Hall–Kier alpha value is -2.73. The molecule has 0 aliphatic heterocycles. The number of halogens is 3. The molecule has 22 heavy (non-hydrogen) atoms. The van der Waals surface area contributed by atoms with Crippen molar-refractivity contribution in [2.24, 2.45) is 7.05 Å². The van der Waals surface area contributed by atoms with Gasteiger partial charge >= 0.3 is 6.61 Å². The Bertz CT molecular complexity index is 785. The molecule has 10 heteroatoms. The normalized spacial score (nSPS) is 10.5. The number of ether oxygens (including phenoxy) is 1. The predicted octanol–water partition coefficient (Wildman–Crippen LogP) is 3.12. The molecule has 0 bridgehead atoms. The first kappa shape index (κ1) is 15.7. The molecule has 1 aromatic carbocycles. The molecule has 7 nitrogen and oxygen atoms in total. The first-order valence-electron chi connectivity index (χ1n) is 5.71. The minimum atomic E-state index is -3.09. The summed E-state index contributed by atoms with van der Waals surface area (Å²) in [6, 6.07) is 5.39. The van der Waals surface area contributed by atoms with Crippen LogP contribution in [0.4, 0.5) is 14.5 Å². The van der Waals surface area contributed by atoms with Crippen LogP contribution in [0.5, 0.6) is 5.88 Å². The summed E-state index contributed by atoms with van der Waals surface area (Å²) in [6.45, 7) is -3.09. The molecule has 114 valence electrons. The monoisotopic (exact) mass is 328 g/mol. The number of nitro benzene ring substituents is 1. The predicted molar refractivity (Wildman–Crippen MR) is 71.7 cm³/mol. The number of nitrogens with zero attached hydrogens (tertiary/aromatic N) is 4. The van der Waals surface area contributed by atoms with Crippen molar-refractivity contribution in [1.29, 1.82) is 5.26 Å². The Morgan fingerprint density at radius 2 is 2.23 bits per heavy atom. The molecular formula is C12H7ClF2N4O3. The van der Waals surface area contributed by atoms with E-state index in [1.54, 1.807) is 6.07 Å². The third kappa shape index (κ3) is 2.82. The summed E-state index contributed by atoms with van der Waals surface area (Å²) in [5.41, 5.74) is -0.328. The van der Waals surface area contributed by atoms with Gasteiger partial charge in [0.1, 0.15) is 22.3 Å². The van der Waals surface area contributed by atoms with Gasteiger partial charge in [-0.05, 0) is 6.07 Å². The molecule has 0 aliphatic carbocycles. The van der Waals surface area contributed by atoms with Crippen molar-refractivity contribution in [2.45, 2.75) is 6.61 Å². The molecule has 0 spiro atoms. The van der Waals surface area contributed by atoms with Gasteiger partial charge < -0.3 is 4.74 Å². The van der Waals surface area contributed by atoms with E-state index in [9.17, 15) is 18.9 Å². The molecule has 1 heterocycles. The van der Waals surface area contributed by atoms with Gasteiger partial charge in [0.05, 0.1) is 4.92 Å². The topological polar surface area (TPSA) is 94.0 Å². The highest BCUT2D eigenvalue weighted by Gasteiger charge is 2.22. The lowest BCUT2D eigenvalue weighted by Crippen LogP contribution is -2.06. The smallest absolute Gasteiger partial charge is 0.388 e. The zero-order valence-electron chi connectivity index (χ0n) is 11.0. The van der Waals surface area contributed by atoms with E-state index >= 15 is 0 Å². The zero-order chi connectivity index (χ0) is 16.4. The highest BCUT2D eigenvalue weighted by atomic mass is 35.5. The van der Waals surface area contributed by atoms with Gasteiger partial charge in [-0.3, -0.25) is 10.1 Å². The van der Waals surface area contributed by atoms with E-state index in [0.29, 0.717) is 0 Å². The van der Waals surface area contributed by atoms with Crippen LogP contribution >= 0.6 is 11.6 Å². The van der Waals surface area contributed by atoms with Gasteiger partial charge in [-0.1, -0.05) is 17.7 Å². The first-order chi connectivity index (χ1) is 10.3. The van der Waals surface area contributed by atoms with Gasteiger partial charge in [0.2, 0.25) is 5.88 Å². The minimum absolute atomic E-state index is 0.0346. The highest BCUT2D eigenvalue weighted by molar-refractivity contribution is 6.34. The number of hydrogen-bond donors (Lipinski definition) is 0. The summed E-state index contributed by atoms with van der Waals surface area (Å²) < 4.78 is 29.9. The number of alkyl halides is 2. The highest BCUT2D eigenvalue weighted by Crippen LogP contribution is 2.37. The average molecular weight is 329 g/mol. The third-order valence-corrected chi connectivity index (χ3v) is 3.07. The van der Waals surface area contributed by atoms with Crippen LogP contribution in [0.1, 0.15) is 5.56 Å². The molecule has 1 aromatic heterocycles. The molecule has 0 fully saturated rings. The summed E-state index contributed by atoms with van der Waals surface area (Å²) in [6.07, 6.45) is 0. The molecule has 2 aromatic rings. The maximum atomic E-state index is 12.3. The first-order valence-corrected chi connectivity index (χ1v) is 6.09. The van der Waals surface area contributed by atoms with Gasteiger partial charge in [-0.15, -0.1) is 0 Å². The molecule has 0 N–H and O–H groups in total. The van der Waals surface area contributed by atoms with Crippen LogP contribution in [-0.4, -0.2) is 21.3 Å². The second-order valence-electron chi connectivity index (χ2n) is 4.07. The molecular weight excluding hydrogens is 322 g/mol. The van der Waals surface area contributed by atoms with E-state index < -0.39 is 17.2 Å². The van der Waals surface area contributed by atoms with Gasteiger partial charge in [0, 0.05) is 18.7 Å². The molecule has 2 rings (SSSR count). The molecule has 0 unspecified atom stereocenters. The Morgan fingerprint density at radius 3 is 2.77 bits per heavy atom. The lowest BCUT2D eigenvalue weighted by molar-refractivity contribution is -0.385. The second-order valence-corrected chi connectivity index (χ2v) is 4.45. The fraction of sp³-hybridized carbons (Fsp3) is 0.167. The summed E-state index contributed by atoms with van der Waals surface area (Å²) in [5.74, 6) is -0.362. The Balaban J connectivity index is 2.56. The van der Waals surface area contributed by atoms with Crippen LogP contribution < -0.4 is 4.74 Å². The van der Waals surface area contributed by atoms with Gasteiger partial charge in [0.25, 0.3) is 5.69 Å². The van der Waals surface area contributed by atoms with Crippen molar-refractivity contribution in [3.63, 3.8) is 0 Å². The van der Waals surface area contributed by atoms with Crippen LogP contribution in [0.25, 0.3) is 11.3 Å². The molecule has 0 radical (unpaired) electrons. The van der Waals surface area contributed by atoms with Gasteiger partial charge in [-0.2, -0.15) is 19.1 Å². The Kier molecular flexibility index (Phi) is 4.23. The van der Waals surface area contributed by atoms with E-state index in [1.807, 2.05) is 0 Å². The van der Waals surface area contributed by atoms with E-state index in [-0.39, 0.29) is 27.7 Å². The molecule has 0 amide bonds. The Morgan fingerprint density at radius 1 is 1.55 bits per heavy atom. The van der Waals surface area contributed by atoms with Crippen molar-refractivity contribution in [2.75, 3.05) is 0 Å². The second kappa shape index (κ2) is 5.95. The molecule has 0 atom stereocenters. The maximum absolute atomic E-state index is 12.3. The summed E-state index contributed by atoms with van der Waals surface area (Å²) in [4.78, 5) is 10.2. The lowest BCUT2D eigenvalue weighted by Gasteiger charge is -2.03. The van der Waals surface area contributed by atoms with E-state index in [4.69, 9.17) is 16.9 Å². The summed E-state index contributed by atoms with van der Waals surface area (Å²) >= 11 is 5.94. The fourth-order valence-electron chi connectivity index (χ4n) is 1.80. The van der Waals surface area contributed by atoms with Crippen LogP contribution in [0.2, 0.25) is 5.02 Å². The molecule has 0 saturated heterocycles. The average Bonchev–Trinajstić information content (AvgIpc) is 2.74. The number of benzene rings is 1. The zero-order valence-corrected chi connectivity index (χ0v) is 11.7. The van der Waals surface area contributed by atoms with Gasteiger partial charge in [-0.25, -0.2) is 4.68 Å². The van der Waals surface area contributed by atoms with E-state index in [0.717, 1.165) is 10.7 Å². The number of hydrogen-bond acceptors (Lipinski definition) is 5. The van der Waals surface area contributed by atoms with Crippen molar-refractivity contribution in [1.82, 2.24) is 9.78 Å². The maximum Gasteiger partial charge on any atom is 0.388 e. The number of nitriles is 1. The quantitative estimate of drug-likeness (QED) is 0.635. The van der Waals surface area contributed by atoms with Crippen LogP contribution in [-0.2, 0) is 7.05 Å². The largest absolute Gasteiger partial charge is 0.416 e. The van der Waals surface area contributed by atoms with Crippen LogP contribution in [0, 0.1) is 21.4 Å².